The number of rotatable bonds is 4. The molecule has 4 heteroatoms. The van der Waals surface area contributed by atoms with E-state index in [2.05, 4.69) is 5.32 Å². The Bertz CT molecular complexity index is 558. The summed E-state index contributed by atoms with van der Waals surface area (Å²) in [5.41, 5.74) is 7.50. The standard InChI is InChI=1S/C14H18N2O2/c1-9(15)7-14(17)16-8-13-10(2)11-5-3-4-6-12(11)18-13/h3-6,9H,7-8,15H2,1-2H3,(H,16,17). The van der Waals surface area contributed by atoms with E-state index in [1.54, 1.807) is 0 Å². The number of furan rings is 1. The third kappa shape index (κ3) is 2.71. The van der Waals surface area contributed by atoms with Gasteiger partial charge in [0.25, 0.3) is 0 Å². The lowest BCUT2D eigenvalue weighted by atomic mass is 10.1. The molecule has 1 atom stereocenters. The highest BCUT2D eigenvalue weighted by Gasteiger charge is 2.11. The fraction of sp³-hybridized carbons (Fsp3) is 0.357. The lowest BCUT2D eigenvalue weighted by Gasteiger charge is -2.06. The molecule has 1 unspecified atom stereocenters. The van der Waals surface area contributed by atoms with Crippen molar-refractivity contribution in [2.45, 2.75) is 32.9 Å². The van der Waals surface area contributed by atoms with E-state index in [-0.39, 0.29) is 11.9 Å². The Kier molecular flexibility index (Phi) is 3.67. The second-order valence-corrected chi connectivity index (χ2v) is 4.60. The zero-order valence-corrected chi connectivity index (χ0v) is 10.7. The number of hydrogen-bond acceptors (Lipinski definition) is 3. The number of para-hydroxylation sites is 1. The van der Waals surface area contributed by atoms with Crippen molar-refractivity contribution in [3.8, 4) is 0 Å². The van der Waals surface area contributed by atoms with E-state index in [1.165, 1.54) is 0 Å². The van der Waals surface area contributed by atoms with E-state index < -0.39 is 0 Å². The van der Waals surface area contributed by atoms with Crippen LogP contribution < -0.4 is 11.1 Å². The van der Waals surface area contributed by atoms with E-state index in [4.69, 9.17) is 10.2 Å². The van der Waals surface area contributed by atoms with Gasteiger partial charge in [0.05, 0.1) is 6.54 Å². The number of fused-ring (bicyclic) bond motifs is 1. The first-order valence-electron chi connectivity index (χ1n) is 6.07. The van der Waals surface area contributed by atoms with E-state index in [1.807, 2.05) is 38.1 Å². The molecule has 0 aliphatic rings. The van der Waals surface area contributed by atoms with E-state index >= 15 is 0 Å². The van der Waals surface area contributed by atoms with Crippen molar-refractivity contribution < 1.29 is 9.21 Å². The topological polar surface area (TPSA) is 68.3 Å². The molecule has 1 aromatic carbocycles. The quantitative estimate of drug-likeness (QED) is 0.868. The van der Waals surface area contributed by atoms with Crippen LogP contribution in [0.2, 0.25) is 0 Å². The molecule has 1 aromatic heterocycles. The van der Waals surface area contributed by atoms with Gasteiger partial charge in [-0.05, 0) is 19.9 Å². The van der Waals surface area contributed by atoms with Gasteiger partial charge >= 0.3 is 0 Å². The number of hydrogen-bond donors (Lipinski definition) is 2. The molecule has 1 amide bonds. The summed E-state index contributed by atoms with van der Waals surface area (Å²) in [6, 6.07) is 7.73. The third-order valence-corrected chi connectivity index (χ3v) is 2.90. The van der Waals surface area contributed by atoms with Crippen LogP contribution in [0.1, 0.15) is 24.7 Å². The van der Waals surface area contributed by atoms with Crippen molar-refractivity contribution in [3.63, 3.8) is 0 Å². The molecule has 2 rings (SSSR count). The molecule has 1 heterocycles. The summed E-state index contributed by atoms with van der Waals surface area (Å²) in [5.74, 6) is 0.749. The van der Waals surface area contributed by atoms with Crippen LogP contribution in [0.3, 0.4) is 0 Å². The maximum Gasteiger partial charge on any atom is 0.221 e. The number of carbonyl (C=O) groups is 1. The summed E-state index contributed by atoms with van der Waals surface area (Å²) in [6.45, 7) is 4.22. The maximum atomic E-state index is 11.5. The van der Waals surface area contributed by atoms with Gasteiger partial charge in [0, 0.05) is 23.4 Å². The summed E-state index contributed by atoms with van der Waals surface area (Å²) in [4.78, 5) is 11.5. The Morgan fingerprint density at radius 2 is 2.17 bits per heavy atom. The normalized spacial score (nSPS) is 12.6. The molecule has 18 heavy (non-hydrogen) atoms. The van der Waals surface area contributed by atoms with Crippen molar-refractivity contribution in [2.24, 2.45) is 5.73 Å². The zero-order valence-electron chi connectivity index (χ0n) is 10.7. The second kappa shape index (κ2) is 5.23. The highest BCUT2D eigenvalue weighted by atomic mass is 16.3. The molecule has 0 bridgehead atoms. The molecule has 0 fully saturated rings. The van der Waals surface area contributed by atoms with Crippen molar-refractivity contribution >= 4 is 16.9 Å². The molecule has 0 aliphatic carbocycles. The molecule has 4 nitrogen and oxygen atoms in total. The molecule has 3 N–H and O–H groups in total. The fourth-order valence-corrected chi connectivity index (χ4v) is 1.94. The zero-order chi connectivity index (χ0) is 13.1. The first-order valence-corrected chi connectivity index (χ1v) is 6.07. The van der Waals surface area contributed by atoms with Gasteiger partial charge in [-0.2, -0.15) is 0 Å². The Morgan fingerprint density at radius 3 is 2.83 bits per heavy atom. The van der Waals surface area contributed by atoms with Gasteiger partial charge < -0.3 is 15.5 Å². The molecule has 96 valence electrons. The van der Waals surface area contributed by atoms with Crippen LogP contribution in [0.25, 0.3) is 11.0 Å². The van der Waals surface area contributed by atoms with Crippen molar-refractivity contribution in [1.82, 2.24) is 5.32 Å². The van der Waals surface area contributed by atoms with Gasteiger partial charge in [-0.3, -0.25) is 4.79 Å². The van der Waals surface area contributed by atoms with E-state index in [9.17, 15) is 4.79 Å². The highest BCUT2D eigenvalue weighted by Crippen LogP contribution is 2.24. The molecular formula is C14H18N2O2. The van der Waals surface area contributed by atoms with E-state index in [0.717, 1.165) is 22.3 Å². The Morgan fingerprint density at radius 1 is 1.44 bits per heavy atom. The van der Waals surface area contributed by atoms with Crippen molar-refractivity contribution in [1.29, 1.82) is 0 Å². The van der Waals surface area contributed by atoms with E-state index in [0.29, 0.717) is 13.0 Å². The fourth-order valence-electron chi connectivity index (χ4n) is 1.94. The van der Waals surface area contributed by atoms with Gasteiger partial charge in [-0.25, -0.2) is 0 Å². The number of carbonyl (C=O) groups excluding carboxylic acids is 1. The number of aryl methyl sites for hydroxylation is 1. The minimum absolute atomic E-state index is 0.0511. The molecule has 2 aromatic rings. The lowest BCUT2D eigenvalue weighted by molar-refractivity contribution is -0.121. The van der Waals surface area contributed by atoms with Gasteiger partial charge in [0.15, 0.2) is 0 Å². The summed E-state index contributed by atoms with van der Waals surface area (Å²) in [6.07, 6.45) is 0.333. The predicted molar refractivity (Wildman–Crippen MR) is 71.1 cm³/mol. The number of nitrogens with one attached hydrogen (secondary N) is 1. The van der Waals surface area contributed by atoms with Gasteiger partial charge in [-0.1, -0.05) is 18.2 Å². The Labute approximate surface area is 106 Å². The summed E-state index contributed by atoms with van der Waals surface area (Å²) < 4.78 is 5.71. The van der Waals surface area contributed by atoms with Crippen LogP contribution in [-0.4, -0.2) is 11.9 Å². The van der Waals surface area contributed by atoms with Crippen LogP contribution in [0.4, 0.5) is 0 Å². The molecule has 0 radical (unpaired) electrons. The SMILES string of the molecule is Cc1c(CNC(=O)CC(C)N)oc2ccccc12. The minimum Gasteiger partial charge on any atom is -0.459 e. The molecule has 0 spiro atoms. The molecule has 0 aliphatic heterocycles. The Balaban J connectivity index is 2.08. The average molecular weight is 246 g/mol. The summed E-state index contributed by atoms with van der Waals surface area (Å²) in [7, 11) is 0. The average Bonchev–Trinajstić information content (AvgIpc) is 2.64. The predicted octanol–water partition coefficient (Wildman–Crippen LogP) is 2.09. The van der Waals surface area contributed by atoms with Crippen LogP contribution in [-0.2, 0) is 11.3 Å². The third-order valence-electron chi connectivity index (χ3n) is 2.90. The molecular weight excluding hydrogens is 228 g/mol. The molecule has 0 saturated carbocycles. The van der Waals surface area contributed by atoms with Crippen LogP contribution >= 0.6 is 0 Å². The van der Waals surface area contributed by atoms with Crippen LogP contribution in [0, 0.1) is 6.92 Å². The minimum atomic E-state index is -0.123. The summed E-state index contributed by atoms with van der Waals surface area (Å²) >= 11 is 0. The first-order chi connectivity index (χ1) is 8.58. The van der Waals surface area contributed by atoms with Crippen molar-refractivity contribution in [3.05, 3.63) is 35.6 Å². The monoisotopic (exact) mass is 246 g/mol. The largest absolute Gasteiger partial charge is 0.459 e. The summed E-state index contributed by atoms with van der Waals surface area (Å²) in [5, 5.41) is 3.91. The maximum absolute atomic E-state index is 11.5. The smallest absolute Gasteiger partial charge is 0.221 e. The highest BCUT2D eigenvalue weighted by molar-refractivity contribution is 5.82. The van der Waals surface area contributed by atoms with Crippen molar-refractivity contribution in [2.75, 3.05) is 0 Å². The lowest BCUT2D eigenvalue weighted by Crippen LogP contribution is -2.29. The number of nitrogens with two attached hydrogens (primary N) is 1. The van der Waals surface area contributed by atoms with Crippen LogP contribution in [0.5, 0.6) is 0 Å². The first kappa shape index (κ1) is 12.6. The van der Waals surface area contributed by atoms with Crippen LogP contribution in [0.15, 0.2) is 28.7 Å². The second-order valence-electron chi connectivity index (χ2n) is 4.60. The number of amides is 1. The number of benzene rings is 1. The molecule has 0 saturated heterocycles. The van der Waals surface area contributed by atoms with Gasteiger partial charge in [-0.15, -0.1) is 0 Å². The van der Waals surface area contributed by atoms with Gasteiger partial charge in [0.2, 0.25) is 5.91 Å². The Hall–Kier alpha value is -1.81. The van der Waals surface area contributed by atoms with Gasteiger partial charge in [0.1, 0.15) is 11.3 Å².